The van der Waals surface area contributed by atoms with Gasteiger partial charge in [-0.1, -0.05) is 66.2 Å². The standard InChI is InChI=1S/C25H23NO/c1-15-11-12-23(16(2)13-15)26-25(27)22-14-21-17-7-3-5-9-19(17)24(22)20-10-6-4-8-18(20)21/h3-13,21-22,24H,14H2,1-2H3,(H,26,27)/t21?,22-,24?/m0/s1. The van der Waals surface area contributed by atoms with Gasteiger partial charge in [-0.25, -0.2) is 0 Å². The van der Waals surface area contributed by atoms with Crippen molar-refractivity contribution in [3.63, 3.8) is 0 Å². The highest BCUT2D eigenvalue weighted by Gasteiger charge is 2.45. The lowest BCUT2D eigenvalue weighted by atomic mass is 9.59. The van der Waals surface area contributed by atoms with Crippen molar-refractivity contribution in [2.45, 2.75) is 32.1 Å². The molecule has 27 heavy (non-hydrogen) atoms. The molecule has 3 aliphatic carbocycles. The smallest absolute Gasteiger partial charge is 0.228 e. The molecule has 2 heteroatoms. The summed E-state index contributed by atoms with van der Waals surface area (Å²) < 4.78 is 0. The van der Waals surface area contributed by atoms with Crippen molar-refractivity contribution < 1.29 is 4.79 Å². The van der Waals surface area contributed by atoms with E-state index in [1.807, 2.05) is 6.07 Å². The number of anilines is 1. The fourth-order valence-electron chi connectivity index (χ4n) is 5.07. The van der Waals surface area contributed by atoms with Gasteiger partial charge in [-0.05, 0) is 54.2 Å². The summed E-state index contributed by atoms with van der Waals surface area (Å²) in [5.41, 5.74) is 8.71. The zero-order valence-corrected chi connectivity index (χ0v) is 15.7. The summed E-state index contributed by atoms with van der Waals surface area (Å²) in [5, 5.41) is 3.21. The highest BCUT2D eigenvalue weighted by molar-refractivity contribution is 5.95. The quantitative estimate of drug-likeness (QED) is 0.644. The molecular formula is C25H23NO. The van der Waals surface area contributed by atoms with E-state index in [2.05, 4.69) is 79.8 Å². The van der Waals surface area contributed by atoms with Crippen molar-refractivity contribution in [1.29, 1.82) is 0 Å². The summed E-state index contributed by atoms with van der Waals surface area (Å²) >= 11 is 0. The van der Waals surface area contributed by atoms with Crippen LogP contribution in [0, 0.1) is 19.8 Å². The van der Waals surface area contributed by atoms with Crippen LogP contribution in [-0.4, -0.2) is 5.91 Å². The lowest BCUT2D eigenvalue weighted by Crippen LogP contribution is -2.38. The van der Waals surface area contributed by atoms with Gasteiger partial charge in [-0.3, -0.25) is 4.79 Å². The third-order valence-electron chi connectivity index (χ3n) is 6.28. The number of carbonyl (C=O) groups is 1. The number of hydrogen-bond acceptors (Lipinski definition) is 1. The maximum absolute atomic E-state index is 13.3. The largest absolute Gasteiger partial charge is 0.326 e. The molecule has 2 bridgehead atoms. The molecule has 0 aromatic heterocycles. The van der Waals surface area contributed by atoms with Crippen LogP contribution >= 0.6 is 0 Å². The van der Waals surface area contributed by atoms with E-state index in [4.69, 9.17) is 0 Å². The molecule has 3 aromatic carbocycles. The molecule has 6 rings (SSSR count). The molecule has 0 heterocycles. The molecule has 3 aliphatic rings. The number of fused-ring (bicyclic) bond motifs is 1. The van der Waals surface area contributed by atoms with Gasteiger partial charge in [0.2, 0.25) is 5.91 Å². The molecule has 0 saturated heterocycles. The molecule has 0 radical (unpaired) electrons. The first kappa shape index (κ1) is 16.3. The Labute approximate surface area is 160 Å². The predicted octanol–water partition coefficient (Wildman–Crippen LogP) is 5.54. The van der Waals surface area contributed by atoms with Crippen LogP contribution in [0.3, 0.4) is 0 Å². The van der Waals surface area contributed by atoms with E-state index in [1.54, 1.807) is 0 Å². The third kappa shape index (κ3) is 2.51. The van der Waals surface area contributed by atoms with Crippen molar-refractivity contribution in [2.75, 3.05) is 5.32 Å². The highest BCUT2D eigenvalue weighted by atomic mass is 16.1. The molecule has 134 valence electrons. The van der Waals surface area contributed by atoms with Crippen LogP contribution in [0.4, 0.5) is 5.69 Å². The number of aryl methyl sites for hydroxylation is 2. The van der Waals surface area contributed by atoms with E-state index >= 15 is 0 Å². The molecule has 0 aliphatic heterocycles. The second-order valence-electron chi connectivity index (χ2n) is 7.94. The zero-order chi connectivity index (χ0) is 18.5. The van der Waals surface area contributed by atoms with Gasteiger partial charge in [0, 0.05) is 17.5 Å². The van der Waals surface area contributed by atoms with Crippen LogP contribution in [0.1, 0.15) is 51.6 Å². The lowest BCUT2D eigenvalue weighted by molar-refractivity contribution is -0.121. The summed E-state index contributed by atoms with van der Waals surface area (Å²) in [6, 6.07) is 23.5. The first-order valence-electron chi connectivity index (χ1n) is 9.69. The number of nitrogens with one attached hydrogen (secondary N) is 1. The number of carbonyl (C=O) groups excluding carboxylic acids is 1. The molecule has 0 spiro atoms. The fourth-order valence-corrected chi connectivity index (χ4v) is 5.07. The monoisotopic (exact) mass is 353 g/mol. The molecule has 0 fully saturated rings. The number of amides is 1. The first-order valence-corrected chi connectivity index (χ1v) is 9.69. The van der Waals surface area contributed by atoms with Crippen LogP contribution in [0.25, 0.3) is 0 Å². The van der Waals surface area contributed by atoms with Gasteiger partial charge < -0.3 is 5.32 Å². The zero-order valence-electron chi connectivity index (χ0n) is 15.7. The second kappa shape index (κ2) is 6.09. The van der Waals surface area contributed by atoms with E-state index in [-0.39, 0.29) is 17.7 Å². The summed E-state index contributed by atoms with van der Waals surface area (Å²) in [5.74, 6) is 0.576. The Morgan fingerprint density at radius 3 is 2.04 bits per heavy atom. The Hall–Kier alpha value is -2.87. The minimum absolute atomic E-state index is 0.0273. The van der Waals surface area contributed by atoms with Crippen LogP contribution in [0.5, 0.6) is 0 Å². The molecule has 2 nitrogen and oxygen atoms in total. The Balaban J connectivity index is 1.54. The fraction of sp³-hybridized carbons (Fsp3) is 0.240. The minimum atomic E-state index is -0.0273. The number of hydrogen-bond donors (Lipinski definition) is 1. The Morgan fingerprint density at radius 1 is 0.852 bits per heavy atom. The lowest BCUT2D eigenvalue weighted by Gasteiger charge is -2.44. The van der Waals surface area contributed by atoms with Crippen molar-refractivity contribution in [1.82, 2.24) is 0 Å². The predicted molar refractivity (Wildman–Crippen MR) is 109 cm³/mol. The maximum Gasteiger partial charge on any atom is 0.228 e. The first-order chi connectivity index (χ1) is 13.1. The molecular weight excluding hydrogens is 330 g/mol. The number of benzene rings is 3. The summed E-state index contributed by atoms with van der Waals surface area (Å²) in [6.45, 7) is 4.13. The van der Waals surface area contributed by atoms with Crippen LogP contribution in [0.15, 0.2) is 66.7 Å². The summed E-state index contributed by atoms with van der Waals surface area (Å²) in [6.07, 6.45) is 0.884. The molecule has 3 aromatic rings. The molecule has 1 amide bonds. The Bertz CT molecular complexity index is 1000. The number of rotatable bonds is 2. The molecule has 0 saturated carbocycles. The van der Waals surface area contributed by atoms with E-state index in [9.17, 15) is 4.79 Å². The normalized spacial score (nSPS) is 22.1. The van der Waals surface area contributed by atoms with E-state index in [0.29, 0.717) is 5.92 Å². The topological polar surface area (TPSA) is 29.1 Å². The van der Waals surface area contributed by atoms with Gasteiger partial charge >= 0.3 is 0 Å². The third-order valence-corrected chi connectivity index (χ3v) is 6.28. The van der Waals surface area contributed by atoms with Crippen molar-refractivity contribution >= 4 is 11.6 Å². The highest BCUT2D eigenvalue weighted by Crippen LogP contribution is 2.55. The molecule has 1 N–H and O–H groups in total. The van der Waals surface area contributed by atoms with Crippen LogP contribution < -0.4 is 5.32 Å². The van der Waals surface area contributed by atoms with Crippen LogP contribution in [0.2, 0.25) is 0 Å². The van der Waals surface area contributed by atoms with Gasteiger partial charge in [-0.15, -0.1) is 0 Å². The minimum Gasteiger partial charge on any atom is -0.326 e. The van der Waals surface area contributed by atoms with Gasteiger partial charge in [-0.2, -0.15) is 0 Å². The summed E-state index contributed by atoms with van der Waals surface area (Å²) in [7, 11) is 0. The van der Waals surface area contributed by atoms with Gasteiger partial charge in [0.1, 0.15) is 0 Å². The average Bonchev–Trinajstić information content (AvgIpc) is 2.70. The maximum atomic E-state index is 13.3. The van der Waals surface area contributed by atoms with Gasteiger partial charge in [0.15, 0.2) is 0 Å². The van der Waals surface area contributed by atoms with Gasteiger partial charge in [0.05, 0.1) is 5.92 Å². The van der Waals surface area contributed by atoms with Crippen molar-refractivity contribution in [2.24, 2.45) is 5.92 Å². The molecule has 1 atom stereocenters. The van der Waals surface area contributed by atoms with Crippen LogP contribution in [-0.2, 0) is 4.79 Å². The SMILES string of the molecule is Cc1ccc(NC(=O)[C@H]2CC3c4ccccc4C2c2ccccc23)c(C)c1. The average molecular weight is 353 g/mol. The molecule has 0 unspecified atom stereocenters. The van der Waals surface area contributed by atoms with E-state index < -0.39 is 0 Å². The Morgan fingerprint density at radius 2 is 1.44 bits per heavy atom. The van der Waals surface area contributed by atoms with E-state index in [0.717, 1.165) is 17.7 Å². The summed E-state index contributed by atoms with van der Waals surface area (Å²) in [4.78, 5) is 13.3. The van der Waals surface area contributed by atoms with Crippen molar-refractivity contribution in [3.05, 3.63) is 100 Å². The van der Waals surface area contributed by atoms with Gasteiger partial charge in [0.25, 0.3) is 0 Å². The Kier molecular flexibility index (Phi) is 3.68. The second-order valence-corrected chi connectivity index (χ2v) is 7.94. The van der Waals surface area contributed by atoms with E-state index in [1.165, 1.54) is 27.8 Å². The van der Waals surface area contributed by atoms with Crippen molar-refractivity contribution in [3.8, 4) is 0 Å².